The summed E-state index contributed by atoms with van der Waals surface area (Å²) in [6.07, 6.45) is -0.00356. The van der Waals surface area contributed by atoms with Gasteiger partial charge in [0.25, 0.3) is 0 Å². The summed E-state index contributed by atoms with van der Waals surface area (Å²) in [5.74, 6) is -0.639. The Hall–Kier alpha value is -0.580. The van der Waals surface area contributed by atoms with Crippen LogP contribution < -0.4 is 0 Å². The topological polar surface area (TPSA) is 66.7 Å². The van der Waals surface area contributed by atoms with Crippen LogP contribution in [0.25, 0.3) is 0 Å². The Morgan fingerprint density at radius 2 is 2.38 bits per heavy atom. The second-order valence-corrected chi connectivity index (χ2v) is 1.87. The Labute approximate surface area is 50.4 Å². The summed E-state index contributed by atoms with van der Waals surface area (Å²) in [6.45, 7) is 0. The maximum absolute atomic E-state index is 9.72. The van der Waals surface area contributed by atoms with Crippen LogP contribution in [0.4, 0.5) is 0 Å². The summed E-state index contributed by atoms with van der Waals surface area (Å²) >= 11 is 0.725. The van der Waals surface area contributed by atoms with Crippen molar-refractivity contribution in [2.24, 2.45) is 4.58 Å². The van der Waals surface area contributed by atoms with E-state index in [1.807, 2.05) is 0 Å². The van der Waals surface area contributed by atoms with Crippen LogP contribution in [0, 0.1) is 4.91 Å². The van der Waals surface area contributed by atoms with Gasteiger partial charge in [0.05, 0.1) is 6.42 Å². The Morgan fingerprint density at radius 3 is 2.75 bits per heavy atom. The number of carboxylic acid groups (broad SMARTS) is 1. The lowest BCUT2D eigenvalue weighted by atomic mass is 10.5. The molecule has 0 saturated heterocycles. The zero-order chi connectivity index (χ0) is 6.41. The molecule has 0 aliphatic carbocycles. The van der Waals surface area contributed by atoms with Crippen LogP contribution in [-0.4, -0.2) is 16.8 Å². The predicted molar refractivity (Wildman–Crippen MR) is 30.5 cm³/mol. The molecule has 46 valence electrons. The first-order valence-corrected chi connectivity index (χ1v) is 2.88. The molecule has 0 unspecified atom stereocenters. The van der Waals surface area contributed by atoms with E-state index in [4.69, 9.17) is 5.11 Å². The van der Waals surface area contributed by atoms with Gasteiger partial charge in [-0.1, -0.05) is 0 Å². The van der Waals surface area contributed by atoms with Crippen LogP contribution in [0.2, 0.25) is 0 Å². The van der Waals surface area contributed by atoms with Gasteiger partial charge in [0.2, 0.25) is 0 Å². The molecule has 0 saturated carbocycles. The number of hydrogen-bond donors (Lipinski definition) is 1. The van der Waals surface area contributed by atoms with Crippen LogP contribution in [0.1, 0.15) is 6.42 Å². The van der Waals surface area contributed by atoms with Gasteiger partial charge < -0.3 is 5.11 Å². The number of rotatable bonds is 4. The van der Waals surface area contributed by atoms with Crippen molar-refractivity contribution in [3.63, 3.8) is 0 Å². The second-order valence-electron chi connectivity index (χ2n) is 1.05. The first kappa shape index (κ1) is 7.42. The van der Waals surface area contributed by atoms with E-state index in [0.717, 1.165) is 11.9 Å². The highest BCUT2D eigenvalue weighted by molar-refractivity contribution is 7.97. The summed E-state index contributed by atoms with van der Waals surface area (Å²) in [4.78, 5) is 19.0. The van der Waals surface area contributed by atoms with Crippen LogP contribution in [0.3, 0.4) is 0 Å². The number of carbonyl (C=O) groups is 1. The van der Waals surface area contributed by atoms with E-state index >= 15 is 0 Å². The van der Waals surface area contributed by atoms with Crippen LogP contribution in [0.15, 0.2) is 4.58 Å². The Morgan fingerprint density at radius 1 is 1.75 bits per heavy atom. The zero-order valence-electron chi connectivity index (χ0n) is 4.03. The Bertz CT molecular complexity index is 94.5. The van der Waals surface area contributed by atoms with Crippen molar-refractivity contribution >= 4 is 17.9 Å². The fourth-order valence-electron chi connectivity index (χ4n) is 0.170. The zero-order valence-corrected chi connectivity index (χ0v) is 4.85. The first-order valence-electron chi connectivity index (χ1n) is 1.94. The lowest BCUT2D eigenvalue weighted by molar-refractivity contribution is -0.136. The van der Waals surface area contributed by atoms with Crippen LogP contribution >= 0.6 is 11.9 Å². The minimum absolute atomic E-state index is 0.00356. The molecule has 0 fully saturated rings. The molecule has 0 aliphatic heterocycles. The molecule has 1 N–H and O–H groups in total. The van der Waals surface area contributed by atoms with E-state index in [9.17, 15) is 9.70 Å². The van der Waals surface area contributed by atoms with Crippen molar-refractivity contribution in [2.45, 2.75) is 6.42 Å². The minimum Gasteiger partial charge on any atom is -0.481 e. The average Bonchev–Trinajstić information content (AvgIpc) is 1.66. The number of aliphatic carboxylic acids is 1. The molecule has 0 rings (SSSR count). The standard InChI is InChI=1S/C3H5NO3S/c5-3(6)1-2-8-4-7/h1-2H2,(H,5,6)/i4+1. The van der Waals surface area contributed by atoms with Crippen LogP contribution in [0.5, 0.6) is 0 Å². The third-order valence-corrected chi connectivity index (χ3v) is 0.952. The largest absolute Gasteiger partial charge is 0.481 e. The maximum atomic E-state index is 9.72. The van der Waals surface area contributed by atoms with Gasteiger partial charge in [-0.25, -0.2) is 0 Å². The van der Waals surface area contributed by atoms with E-state index in [0.29, 0.717) is 0 Å². The molecule has 0 radical (unpaired) electrons. The van der Waals surface area contributed by atoms with Gasteiger partial charge in [0.1, 0.15) is 0 Å². The van der Waals surface area contributed by atoms with E-state index in [2.05, 4.69) is 4.58 Å². The van der Waals surface area contributed by atoms with Crippen molar-refractivity contribution in [2.75, 3.05) is 5.75 Å². The number of hydrogen-bond acceptors (Lipinski definition) is 4. The molecule has 0 aromatic heterocycles. The maximum Gasteiger partial charge on any atom is 0.304 e. The van der Waals surface area contributed by atoms with Gasteiger partial charge in [0, 0.05) is 22.3 Å². The van der Waals surface area contributed by atoms with Gasteiger partial charge in [-0.15, -0.1) is 4.91 Å². The van der Waals surface area contributed by atoms with Gasteiger partial charge in [-0.3, -0.25) is 4.79 Å². The fraction of sp³-hybridized carbons (Fsp3) is 0.667. The quantitative estimate of drug-likeness (QED) is 0.269. The summed E-state index contributed by atoms with van der Waals surface area (Å²) in [5.41, 5.74) is 0. The number of carboxylic acids is 1. The normalized spacial score (nSPS) is 8.50. The van der Waals surface area contributed by atoms with Crippen molar-refractivity contribution in [3.8, 4) is 0 Å². The highest BCUT2D eigenvalue weighted by atomic mass is 32.2. The molecule has 0 amide bonds. The molecule has 5 heteroatoms. The molecule has 0 aromatic rings. The number of nitrogens with zero attached hydrogens (tertiary/aromatic N) is 1. The second kappa shape index (κ2) is 4.58. The van der Waals surface area contributed by atoms with Gasteiger partial charge in [-0.2, -0.15) is 0 Å². The molecule has 0 bridgehead atoms. The molecule has 0 spiro atoms. The first-order chi connectivity index (χ1) is 3.77. The van der Waals surface area contributed by atoms with E-state index < -0.39 is 5.97 Å². The van der Waals surface area contributed by atoms with Crippen molar-refractivity contribution in [3.05, 3.63) is 4.91 Å². The number of nitroso groups, excluding NO2 is 1. The van der Waals surface area contributed by atoms with Crippen molar-refractivity contribution in [1.82, 2.24) is 0 Å². The van der Waals surface area contributed by atoms with E-state index in [-0.39, 0.29) is 12.2 Å². The molecule has 0 aliphatic rings. The Balaban J connectivity index is 2.93. The van der Waals surface area contributed by atoms with E-state index in [1.165, 1.54) is 0 Å². The fourth-order valence-corrected chi connectivity index (χ4v) is 0.511. The SMILES string of the molecule is O=[15N]SCCC(=O)O. The average molecular weight is 136 g/mol. The summed E-state index contributed by atoms with van der Waals surface area (Å²) in [6, 6.07) is 0. The highest BCUT2D eigenvalue weighted by Crippen LogP contribution is 2.01. The third kappa shape index (κ3) is 5.42. The molecule has 4 nitrogen and oxygen atoms in total. The molecule has 8 heavy (non-hydrogen) atoms. The molecule has 0 aromatic carbocycles. The molecule has 0 heterocycles. The monoisotopic (exact) mass is 136 g/mol. The van der Waals surface area contributed by atoms with Gasteiger partial charge in [0.15, 0.2) is 0 Å². The lowest BCUT2D eigenvalue weighted by Crippen LogP contribution is -1.94. The highest BCUT2D eigenvalue weighted by Gasteiger charge is 1.94. The molecular formula is C3H5NO3S. The van der Waals surface area contributed by atoms with Crippen LogP contribution in [-0.2, 0) is 4.79 Å². The summed E-state index contributed by atoms with van der Waals surface area (Å²) in [5, 5.41) is 7.98. The van der Waals surface area contributed by atoms with Crippen molar-refractivity contribution < 1.29 is 9.90 Å². The van der Waals surface area contributed by atoms with Gasteiger partial charge >= 0.3 is 5.97 Å². The smallest absolute Gasteiger partial charge is 0.304 e. The summed E-state index contributed by atoms with van der Waals surface area (Å²) < 4.78 is 2.41. The molecular weight excluding hydrogens is 131 g/mol. The van der Waals surface area contributed by atoms with E-state index in [1.54, 1.807) is 0 Å². The Kier molecular flexibility index (Phi) is 4.24. The molecule has 0 atom stereocenters. The lowest BCUT2D eigenvalue weighted by Gasteiger charge is -1.83. The predicted octanol–water partition coefficient (Wildman–Crippen LogP) is 0.876. The van der Waals surface area contributed by atoms with Crippen molar-refractivity contribution in [1.29, 1.82) is 0 Å². The summed E-state index contributed by atoms with van der Waals surface area (Å²) in [7, 11) is 0. The minimum atomic E-state index is -0.902. The third-order valence-electron chi connectivity index (χ3n) is 0.460. The van der Waals surface area contributed by atoms with Gasteiger partial charge in [-0.05, 0) is 0 Å².